The molecule has 0 radical (unpaired) electrons. The van der Waals surface area contributed by atoms with E-state index in [2.05, 4.69) is 10.2 Å². The summed E-state index contributed by atoms with van der Waals surface area (Å²) < 4.78 is 52.7. The molecule has 49 heavy (non-hydrogen) atoms. The van der Waals surface area contributed by atoms with Crippen LogP contribution in [0.3, 0.4) is 0 Å². The van der Waals surface area contributed by atoms with Gasteiger partial charge in [0.25, 0.3) is 5.91 Å². The van der Waals surface area contributed by atoms with Crippen molar-refractivity contribution >= 4 is 56.1 Å². The number of amides is 2. The normalized spacial score (nSPS) is 23.9. The van der Waals surface area contributed by atoms with E-state index in [0.29, 0.717) is 75.8 Å². The Morgan fingerprint density at radius 2 is 1.80 bits per heavy atom. The number of sulfonamides is 1. The van der Waals surface area contributed by atoms with Crippen molar-refractivity contribution in [1.82, 2.24) is 14.1 Å². The lowest BCUT2D eigenvalue weighted by Gasteiger charge is -2.36. The average molecular weight is 719 g/mol. The number of hydrogen-bond donors (Lipinski definition) is 2. The Balaban J connectivity index is 1.13. The number of nitrogens with one attached hydrogen (secondary N) is 1. The Bertz CT molecular complexity index is 1820. The molecule has 1 aromatic heterocycles. The number of hydrogen-bond acceptors (Lipinski definition) is 8. The number of carboxylic acids is 1. The van der Waals surface area contributed by atoms with E-state index in [0.717, 1.165) is 6.07 Å². The van der Waals surface area contributed by atoms with Crippen molar-refractivity contribution in [1.29, 1.82) is 0 Å². The minimum atomic E-state index is -3.30. The van der Waals surface area contributed by atoms with Crippen LogP contribution in [-0.4, -0.2) is 109 Å². The number of ether oxygens (including phenoxy) is 1. The fourth-order valence-electron chi connectivity index (χ4n) is 7.17. The summed E-state index contributed by atoms with van der Waals surface area (Å²) in [4.78, 5) is 42.1. The largest absolute Gasteiger partial charge is 0.481 e. The maximum absolute atomic E-state index is 15.5. The summed E-state index contributed by atoms with van der Waals surface area (Å²) >= 11 is 6.49. The number of halogens is 2. The maximum Gasteiger partial charge on any atom is 0.306 e. The minimum Gasteiger partial charge on any atom is -0.481 e. The molecule has 1 saturated carbocycles. The van der Waals surface area contributed by atoms with E-state index in [-0.39, 0.29) is 64.9 Å². The molecule has 0 spiro atoms. The summed E-state index contributed by atoms with van der Waals surface area (Å²) in [6, 6.07) is 9.15. The van der Waals surface area contributed by atoms with Crippen LogP contribution < -0.4 is 5.32 Å². The summed E-state index contributed by atoms with van der Waals surface area (Å²) in [7, 11) is -3.30. The molecule has 12 nitrogen and oxygen atoms in total. The van der Waals surface area contributed by atoms with Gasteiger partial charge in [0, 0.05) is 44.2 Å². The molecule has 3 heterocycles. The molecule has 1 aliphatic carbocycles. The summed E-state index contributed by atoms with van der Waals surface area (Å²) in [5.74, 6) is -2.68. The number of carbonyl (C=O) groups excluding carboxylic acids is 2. The maximum atomic E-state index is 15.5. The van der Waals surface area contributed by atoms with Crippen LogP contribution in [0.15, 0.2) is 47.1 Å². The molecule has 264 valence electrons. The van der Waals surface area contributed by atoms with Gasteiger partial charge in [0.15, 0.2) is 0 Å². The average Bonchev–Trinajstić information content (AvgIpc) is 3.71. The molecule has 2 aromatic carbocycles. The smallest absolute Gasteiger partial charge is 0.306 e. The lowest BCUT2D eigenvalue weighted by molar-refractivity contribution is -0.144. The van der Waals surface area contributed by atoms with E-state index < -0.39 is 27.7 Å². The number of benzene rings is 2. The number of anilines is 1. The second kappa shape index (κ2) is 14.7. The van der Waals surface area contributed by atoms with Gasteiger partial charge in [-0.25, -0.2) is 12.8 Å². The Hall–Kier alpha value is -3.56. The van der Waals surface area contributed by atoms with Crippen molar-refractivity contribution in [2.75, 3.05) is 50.9 Å². The van der Waals surface area contributed by atoms with Crippen LogP contribution in [0.1, 0.15) is 48.0 Å². The van der Waals surface area contributed by atoms with Crippen LogP contribution >= 0.6 is 11.6 Å². The van der Waals surface area contributed by atoms with Crippen LogP contribution in [0.5, 0.6) is 0 Å². The monoisotopic (exact) mass is 718 g/mol. The van der Waals surface area contributed by atoms with Crippen LogP contribution in [0, 0.1) is 11.7 Å². The first-order valence-corrected chi connectivity index (χ1v) is 18.7. The Labute approximate surface area is 289 Å². The van der Waals surface area contributed by atoms with Gasteiger partial charge in [0.1, 0.15) is 17.7 Å². The molecule has 2 amide bonds. The summed E-state index contributed by atoms with van der Waals surface area (Å²) in [6.07, 6.45) is 5.08. The molecule has 6 rings (SSSR count). The second-order valence-corrected chi connectivity index (χ2v) is 15.5. The molecule has 0 unspecified atom stereocenters. The number of likely N-dealkylation sites (tertiary alicyclic amines) is 1. The van der Waals surface area contributed by atoms with E-state index in [1.807, 2.05) is 0 Å². The van der Waals surface area contributed by atoms with Crippen molar-refractivity contribution in [3.05, 3.63) is 64.6 Å². The van der Waals surface area contributed by atoms with Crippen molar-refractivity contribution in [3.63, 3.8) is 0 Å². The van der Waals surface area contributed by atoms with Gasteiger partial charge in [-0.3, -0.25) is 19.3 Å². The SMILES string of the molecule is CS(=O)(=O)N1CCN([C@H]2C[C@@H](COC3CCC(C(=O)O)CC3)N(C(=O)Cc3cc(Cl)c(NC(=O)c4coc5ccccc45)cc3F)C2)CC1. The number of nitrogens with zero attached hydrogens (tertiary/aromatic N) is 3. The number of aliphatic carboxylic acids is 1. The molecule has 2 atom stereocenters. The second-order valence-electron chi connectivity index (χ2n) is 13.1. The zero-order chi connectivity index (χ0) is 34.9. The number of rotatable bonds is 10. The van der Waals surface area contributed by atoms with E-state index in [4.69, 9.17) is 20.8 Å². The van der Waals surface area contributed by atoms with Crippen LogP contribution in [-0.2, 0) is 30.8 Å². The molecule has 3 fully saturated rings. The molecule has 3 aromatic rings. The van der Waals surface area contributed by atoms with Gasteiger partial charge < -0.3 is 24.5 Å². The molecular formula is C34H40ClFN4O8S. The van der Waals surface area contributed by atoms with Gasteiger partial charge in [-0.2, -0.15) is 4.31 Å². The first kappa shape index (κ1) is 35.3. The lowest BCUT2D eigenvalue weighted by atomic mass is 9.87. The summed E-state index contributed by atoms with van der Waals surface area (Å²) in [6.45, 7) is 2.41. The zero-order valence-electron chi connectivity index (χ0n) is 27.1. The predicted octanol–water partition coefficient (Wildman–Crippen LogP) is 4.23. The molecule has 3 aliphatic rings. The first-order chi connectivity index (χ1) is 23.4. The highest BCUT2D eigenvalue weighted by atomic mass is 35.5. The summed E-state index contributed by atoms with van der Waals surface area (Å²) in [5, 5.41) is 12.7. The topological polar surface area (TPSA) is 150 Å². The number of furan rings is 1. The third-order valence-electron chi connectivity index (χ3n) is 9.97. The molecule has 0 bridgehead atoms. The van der Waals surface area contributed by atoms with Gasteiger partial charge in [0.05, 0.1) is 53.6 Å². The van der Waals surface area contributed by atoms with E-state index in [1.54, 1.807) is 29.2 Å². The third-order valence-corrected chi connectivity index (χ3v) is 11.6. The van der Waals surface area contributed by atoms with Gasteiger partial charge in [-0.1, -0.05) is 29.8 Å². The van der Waals surface area contributed by atoms with Gasteiger partial charge >= 0.3 is 5.97 Å². The van der Waals surface area contributed by atoms with Crippen LogP contribution in [0.25, 0.3) is 11.0 Å². The summed E-state index contributed by atoms with van der Waals surface area (Å²) in [5.41, 5.74) is 0.951. The predicted molar refractivity (Wildman–Crippen MR) is 181 cm³/mol. The minimum absolute atomic E-state index is 0.0352. The third kappa shape index (κ3) is 8.09. The standard InChI is InChI=1S/C34H40ClFN4O8S/c1-49(45,46)39-12-10-38(11-13-39)23-16-24(19-47-25-8-6-21(7-9-25)34(43)44)40(18-23)32(41)15-22-14-28(35)30(17-29(22)36)37-33(42)27-20-48-31-5-3-2-4-26(27)31/h2-5,14,17,20-21,23-25H,6-13,15-16,18-19H2,1H3,(H,37,42)(H,43,44)/t21?,23-,24-,25?/m0/s1. The Morgan fingerprint density at radius 3 is 2.49 bits per heavy atom. The molecule has 15 heteroatoms. The van der Waals surface area contributed by atoms with E-state index >= 15 is 4.39 Å². The molecule has 2 N–H and O–H groups in total. The highest BCUT2D eigenvalue weighted by Gasteiger charge is 2.40. The van der Waals surface area contributed by atoms with Gasteiger partial charge in [-0.05, 0) is 55.9 Å². The van der Waals surface area contributed by atoms with Crippen molar-refractivity contribution in [2.45, 2.75) is 56.7 Å². The quantitative estimate of drug-likeness (QED) is 0.314. The molecular weight excluding hydrogens is 679 g/mol. The van der Waals surface area contributed by atoms with E-state index in [1.165, 1.54) is 22.9 Å². The molecule has 2 saturated heterocycles. The first-order valence-electron chi connectivity index (χ1n) is 16.5. The number of para-hydroxylation sites is 1. The van der Waals surface area contributed by atoms with Crippen LogP contribution in [0.2, 0.25) is 5.02 Å². The Kier molecular flexibility index (Phi) is 10.6. The van der Waals surface area contributed by atoms with E-state index in [9.17, 15) is 27.9 Å². The molecule has 2 aliphatic heterocycles. The number of piperazine rings is 1. The zero-order valence-corrected chi connectivity index (χ0v) is 28.7. The highest BCUT2D eigenvalue weighted by molar-refractivity contribution is 7.88. The fraction of sp³-hybridized carbons (Fsp3) is 0.500. The van der Waals surface area contributed by atoms with Gasteiger partial charge in [0.2, 0.25) is 15.9 Å². The number of carboxylic acid groups (broad SMARTS) is 1. The van der Waals surface area contributed by atoms with Crippen molar-refractivity contribution in [2.24, 2.45) is 5.92 Å². The number of carbonyl (C=O) groups is 3. The number of fused-ring (bicyclic) bond motifs is 1. The van der Waals surface area contributed by atoms with Crippen molar-refractivity contribution < 1.29 is 41.5 Å². The van der Waals surface area contributed by atoms with Gasteiger partial charge in [-0.15, -0.1) is 0 Å². The van der Waals surface area contributed by atoms with Crippen molar-refractivity contribution in [3.8, 4) is 0 Å². The Morgan fingerprint density at radius 1 is 1.08 bits per heavy atom. The fourth-order valence-corrected chi connectivity index (χ4v) is 8.23. The lowest BCUT2D eigenvalue weighted by Crippen LogP contribution is -2.52. The van der Waals surface area contributed by atoms with Crippen LogP contribution in [0.4, 0.5) is 10.1 Å². The highest BCUT2D eigenvalue weighted by Crippen LogP contribution is 2.32.